The Kier molecular flexibility index (Phi) is 4.83. The zero-order valence-corrected chi connectivity index (χ0v) is 13.2. The number of aryl methyl sites for hydroxylation is 1. The minimum atomic E-state index is -5.22. The maximum atomic E-state index is 13.7. The number of nitrogens with zero attached hydrogens (tertiary/aromatic N) is 1. The number of carbonyl (C=O) groups excluding carboxylic acids is 2. The predicted octanol–water partition coefficient (Wildman–Crippen LogP) is 2.32. The van der Waals surface area contributed by atoms with Gasteiger partial charge in [-0.25, -0.2) is 9.78 Å². The summed E-state index contributed by atoms with van der Waals surface area (Å²) < 4.78 is 50.0. The van der Waals surface area contributed by atoms with Crippen LogP contribution in [0.3, 0.4) is 0 Å². The van der Waals surface area contributed by atoms with E-state index < -0.39 is 29.5 Å². The van der Waals surface area contributed by atoms with E-state index >= 15 is 0 Å². The molecule has 0 aliphatic heterocycles. The molecule has 0 bridgehead atoms. The number of rotatable bonds is 5. The molecule has 2 aromatic rings. The Morgan fingerprint density at radius 1 is 1.38 bits per heavy atom. The van der Waals surface area contributed by atoms with Crippen molar-refractivity contribution < 1.29 is 31.9 Å². The molecule has 2 N–H and O–H groups in total. The van der Waals surface area contributed by atoms with Crippen LogP contribution in [0.25, 0.3) is 0 Å². The molecule has 0 aliphatic rings. The second-order valence-corrected chi connectivity index (χ2v) is 5.45. The normalized spacial score (nSPS) is 13.9. The number of methoxy groups -OCH3 is 1. The number of nitrogens with one attached hydrogen (secondary N) is 2. The van der Waals surface area contributed by atoms with Gasteiger partial charge in [-0.1, -0.05) is 0 Å². The molecule has 0 saturated heterocycles. The van der Waals surface area contributed by atoms with Gasteiger partial charge in [0.1, 0.15) is 0 Å². The SMILES string of the molecule is COC(=O)[C@@](NC(=O)c1ccco1)(Nc1nc(C)cs1)C(F)(F)F. The maximum Gasteiger partial charge on any atom is 0.442 e. The summed E-state index contributed by atoms with van der Waals surface area (Å²) in [6.45, 7) is 1.57. The molecule has 0 aliphatic carbocycles. The molecule has 24 heavy (non-hydrogen) atoms. The quantitative estimate of drug-likeness (QED) is 0.626. The molecule has 2 heterocycles. The van der Waals surface area contributed by atoms with Crippen molar-refractivity contribution in [3.63, 3.8) is 0 Å². The second-order valence-electron chi connectivity index (χ2n) is 4.59. The first-order chi connectivity index (χ1) is 11.2. The summed E-state index contributed by atoms with van der Waals surface area (Å²) in [4.78, 5) is 27.8. The van der Waals surface area contributed by atoms with Crippen molar-refractivity contribution in [2.24, 2.45) is 0 Å². The lowest BCUT2D eigenvalue weighted by atomic mass is 10.1. The van der Waals surface area contributed by atoms with Gasteiger partial charge >= 0.3 is 17.8 Å². The second kappa shape index (κ2) is 6.51. The number of furan rings is 1. The van der Waals surface area contributed by atoms with Crippen molar-refractivity contribution in [3.8, 4) is 0 Å². The van der Waals surface area contributed by atoms with E-state index in [-0.39, 0.29) is 5.13 Å². The fourth-order valence-corrected chi connectivity index (χ4v) is 2.50. The Balaban J connectivity index is 2.45. The van der Waals surface area contributed by atoms with Crippen LogP contribution in [0.15, 0.2) is 28.2 Å². The first kappa shape index (κ1) is 17.8. The Bertz CT molecular complexity index is 729. The van der Waals surface area contributed by atoms with Gasteiger partial charge < -0.3 is 19.8 Å². The third kappa shape index (κ3) is 3.35. The van der Waals surface area contributed by atoms with E-state index in [1.54, 1.807) is 12.2 Å². The molecule has 1 atom stereocenters. The predicted molar refractivity (Wildman–Crippen MR) is 77.4 cm³/mol. The number of amides is 1. The molecule has 0 spiro atoms. The molecule has 0 saturated carbocycles. The van der Waals surface area contributed by atoms with E-state index in [0.29, 0.717) is 5.69 Å². The molecular formula is C13H12F3N3O4S. The number of hydrogen-bond acceptors (Lipinski definition) is 7. The van der Waals surface area contributed by atoms with Crippen LogP contribution in [0.2, 0.25) is 0 Å². The van der Waals surface area contributed by atoms with Gasteiger partial charge in [0.25, 0.3) is 5.91 Å². The monoisotopic (exact) mass is 363 g/mol. The number of anilines is 1. The number of ether oxygens (including phenoxy) is 1. The zero-order valence-electron chi connectivity index (χ0n) is 12.4. The molecule has 0 radical (unpaired) electrons. The Morgan fingerprint density at radius 3 is 2.54 bits per heavy atom. The fraction of sp³-hybridized carbons (Fsp3) is 0.308. The lowest BCUT2D eigenvalue weighted by Crippen LogP contribution is -2.69. The standard InChI is InChI=1S/C13H12F3N3O4S/c1-7-6-24-11(17-7)19-12(10(21)22-2,13(14,15)16)18-9(20)8-4-3-5-23-8/h3-6H,1-2H3,(H,17,19)(H,18,20)/t12-/m1/s1. The first-order valence-corrected chi connectivity index (χ1v) is 7.29. The van der Waals surface area contributed by atoms with Crippen molar-refractivity contribution >= 4 is 28.3 Å². The first-order valence-electron chi connectivity index (χ1n) is 6.41. The molecule has 11 heteroatoms. The number of thiazole rings is 1. The topological polar surface area (TPSA) is 93.5 Å². The number of carbonyl (C=O) groups is 2. The van der Waals surface area contributed by atoms with Gasteiger partial charge in [-0.2, -0.15) is 13.2 Å². The van der Waals surface area contributed by atoms with E-state index in [0.717, 1.165) is 30.8 Å². The highest BCUT2D eigenvalue weighted by Crippen LogP contribution is 2.34. The van der Waals surface area contributed by atoms with E-state index in [4.69, 9.17) is 4.42 Å². The molecule has 0 aromatic carbocycles. The third-order valence-corrected chi connectivity index (χ3v) is 3.75. The number of hydrogen-bond donors (Lipinski definition) is 2. The van der Waals surface area contributed by atoms with Crippen LogP contribution in [0.1, 0.15) is 16.2 Å². The van der Waals surface area contributed by atoms with Crippen molar-refractivity contribution in [2.45, 2.75) is 18.8 Å². The number of aromatic nitrogens is 1. The Hall–Kier alpha value is -2.56. The zero-order chi connectivity index (χ0) is 18.0. The minimum Gasteiger partial charge on any atom is -0.466 e. The highest BCUT2D eigenvalue weighted by atomic mass is 32.1. The van der Waals surface area contributed by atoms with E-state index in [1.807, 2.05) is 5.32 Å². The number of alkyl halides is 3. The van der Waals surface area contributed by atoms with Crippen LogP contribution in [0, 0.1) is 6.92 Å². The summed E-state index contributed by atoms with van der Waals surface area (Å²) in [5, 5.41) is 4.80. The molecule has 7 nitrogen and oxygen atoms in total. The summed E-state index contributed by atoms with van der Waals surface area (Å²) in [5.74, 6) is -3.39. The molecule has 1 amide bonds. The van der Waals surface area contributed by atoms with Crippen LogP contribution in [0.4, 0.5) is 18.3 Å². The van der Waals surface area contributed by atoms with Gasteiger partial charge in [0.2, 0.25) is 0 Å². The highest BCUT2D eigenvalue weighted by Gasteiger charge is 2.64. The maximum absolute atomic E-state index is 13.7. The summed E-state index contributed by atoms with van der Waals surface area (Å²) >= 11 is 0.840. The van der Waals surface area contributed by atoms with E-state index in [1.165, 1.54) is 11.4 Å². The van der Waals surface area contributed by atoms with E-state index in [9.17, 15) is 22.8 Å². The molecule has 130 valence electrons. The lowest BCUT2D eigenvalue weighted by Gasteiger charge is -2.33. The average Bonchev–Trinajstić information content (AvgIpc) is 3.16. The lowest BCUT2D eigenvalue weighted by molar-refractivity contribution is -0.203. The van der Waals surface area contributed by atoms with Gasteiger partial charge in [-0.15, -0.1) is 11.3 Å². The summed E-state index contributed by atoms with van der Waals surface area (Å²) in [6, 6.07) is 2.47. The van der Waals surface area contributed by atoms with Crippen molar-refractivity contribution in [1.82, 2.24) is 10.3 Å². The molecule has 2 aromatic heterocycles. The highest BCUT2D eigenvalue weighted by molar-refractivity contribution is 7.13. The van der Waals surface area contributed by atoms with Crippen LogP contribution in [-0.4, -0.2) is 35.8 Å². The van der Waals surface area contributed by atoms with Crippen molar-refractivity contribution in [3.05, 3.63) is 35.2 Å². The smallest absolute Gasteiger partial charge is 0.442 e. The van der Waals surface area contributed by atoms with Crippen molar-refractivity contribution in [2.75, 3.05) is 12.4 Å². The van der Waals surface area contributed by atoms with E-state index in [2.05, 4.69) is 9.72 Å². The average molecular weight is 363 g/mol. The molecule has 0 fully saturated rings. The number of esters is 1. The van der Waals surface area contributed by atoms with Crippen LogP contribution in [-0.2, 0) is 9.53 Å². The largest absolute Gasteiger partial charge is 0.466 e. The summed E-state index contributed by atoms with van der Waals surface area (Å²) in [7, 11) is 0.774. The Morgan fingerprint density at radius 2 is 2.08 bits per heavy atom. The number of halogens is 3. The Labute approximate surface area is 137 Å². The fourth-order valence-electron chi connectivity index (χ4n) is 1.76. The van der Waals surface area contributed by atoms with Gasteiger partial charge in [0.05, 0.1) is 19.1 Å². The van der Waals surface area contributed by atoms with Gasteiger partial charge in [0.15, 0.2) is 10.9 Å². The van der Waals surface area contributed by atoms with Gasteiger partial charge in [-0.3, -0.25) is 4.79 Å². The van der Waals surface area contributed by atoms with Crippen LogP contribution in [0.5, 0.6) is 0 Å². The van der Waals surface area contributed by atoms with Gasteiger partial charge in [-0.05, 0) is 19.1 Å². The minimum absolute atomic E-state index is 0.213. The molecule has 0 unspecified atom stereocenters. The van der Waals surface area contributed by atoms with Crippen LogP contribution < -0.4 is 10.6 Å². The summed E-state index contributed by atoms with van der Waals surface area (Å²) in [6.07, 6.45) is -4.11. The third-order valence-electron chi connectivity index (χ3n) is 2.88. The molecule has 2 rings (SSSR count). The van der Waals surface area contributed by atoms with Crippen molar-refractivity contribution in [1.29, 1.82) is 0 Å². The van der Waals surface area contributed by atoms with Crippen LogP contribution >= 0.6 is 11.3 Å². The molecular weight excluding hydrogens is 351 g/mol. The van der Waals surface area contributed by atoms with Gasteiger partial charge in [0, 0.05) is 5.38 Å². The summed E-state index contributed by atoms with van der Waals surface area (Å²) in [5.41, 5.74) is -3.07.